The molecule has 19 heavy (non-hydrogen) atoms. The number of imidazole rings is 1. The highest BCUT2D eigenvalue weighted by Gasteiger charge is 2.10. The van der Waals surface area contributed by atoms with Gasteiger partial charge in [0.1, 0.15) is 5.82 Å². The van der Waals surface area contributed by atoms with E-state index in [9.17, 15) is 0 Å². The molecule has 0 fully saturated rings. The largest absolute Gasteiger partial charge is 0.327 e. The Bertz CT molecular complexity index is 691. The summed E-state index contributed by atoms with van der Waals surface area (Å²) in [5.74, 6) is 1.26. The first-order chi connectivity index (χ1) is 9.28. The Labute approximate surface area is 124 Å². The molecule has 0 saturated carbocycles. The van der Waals surface area contributed by atoms with E-state index in [2.05, 4.69) is 14.5 Å². The Morgan fingerprint density at radius 2 is 2.21 bits per heavy atom. The van der Waals surface area contributed by atoms with Crippen molar-refractivity contribution in [1.29, 1.82) is 0 Å². The van der Waals surface area contributed by atoms with Crippen LogP contribution < -0.4 is 0 Å². The minimum Gasteiger partial charge on any atom is -0.327 e. The summed E-state index contributed by atoms with van der Waals surface area (Å²) in [6.45, 7) is 0.812. The van der Waals surface area contributed by atoms with E-state index in [1.165, 1.54) is 0 Å². The minimum absolute atomic E-state index is 0.393. The second-order valence-electron chi connectivity index (χ2n) is 4.12. The first-order valence-electron chi connectivity index (χ1n) is 5.87. The normalized spacial score (nSPS) is 11.3. The van der Waals surface area contributed by atoms with Gasteiger partial charge in [0.05, 0.1) is 21.9 Å². The third kappa shape index (κ3) is 2.61. The fraction of sp³-hybridized carbons (Fsp3) is 0.231. The predicted octanol–water partition coefficient (Wildman–Crippen LogP) is 4.13. The van der Waals surface area contributed by atoms with Gasteiger partial charge in [0.25, 0.3) is 0 Å². The van der Waals surface area contributed by atoms with E-state index < -0.39 is 0 Å². The van der Waals surface area contributed by atoms with Crippen molar-refractivity contribution >= 4 is 45.6 Å². The molecule has 3 rings (SSSR count). The number of nitrogens with zero attached hydrogens (tertiary/aromatic N) is 3. The molecule has 0 N–H and O–H groups in total. The molecule has 0 saturated heterocycles. The molecule has 0 spiro atoms. The Morgan fingerprint density at radius 3 is 2.95 bits per heavy atom. The summed E-state index contributed by atoms with van der Waals surface area (Å²) in [7, 11) is 0. The van der Waals surface area contributed by atoms with E-state index >= 15 is 0 Å². The molecular weight excluding hydrogens is 301 g/mol. The number of aryl methyl sites for hydroxylation is 2. The van der Waals surface area contributed by atoms with Crippen LogP contribution in [0.1, 0.15) is 10.8 Å². The summed E-state index contributed by atoms with van der Waals surface area (Å²) in [4.78, 5) is 8.82. The van der Waals surface area contributed by atoms with Crippen LogP contribution in [0.3, 0.4) is 0 Å². The summed E-state index contributed by atoms with van der Waals surface area (Å²) in [6.07, 6.45) is 2.70. The summed E-state index contributed by atoms with van der Waals surface area (Å²) >= 11 is 13.7. The number of thiazole rings is 1. The van der Waals surface area contributed by atoms with Crippen LogP contribution in [-0.2, 0) is 18.8 Å². The summed E-state index contributed by atoms with van der Waals surface area (Å²) in [5.41, 5.74) is 1.96. The molecule has 0 aliphatic rings. The zero-order valence-electron chi connectivity index (χ0n) is 10.0. The average Bonchev–Trinajstić information content (AvgIpc) is 3.03. The highest BCUT2D eigenvalue weighted by atomic mass is 35.5. The number of hydrogen-bond acceptors (Lipinski definition) is 3. The van der Waals surface area contributed by atoms with Crippen molar-refractivity contribution < 1.29 is 0 Å². The highest BCUT2D eigenvalue weighted by Crippen LogP contribution is 2.22. The molecule has 0 amide bonds. The molecule has 1 aromatic carbocycles. The lowest BCUT2D eigenvalue weighted by Gasteiger charge is -2.06. The Morgan fingerprint density at radius 1 is 1.32 bits per heavy atom. The van der Waals surface area contributed by atoms with Gasteiger partial charge in [-0.25, -0.2) is 9.97 Å². The van der Waals surface area contributed by atoms with Gasteiger partial charge in [-0.1, -0.05) is 11.6 Å². The van der Waals surface area contributed by atoms with Crippen LogP contribution in [-0.4, -0.2) is 14.5 Å². The minimum atomic E-state index is 0.393. The molecule has 3 nitrogen and oxygen atoms in total. The summed E-state index contributed by atoms with van der Waals surface area (Å²) < 4.78 is 2.12. The van der Waals surface area contributed by atoms with E-state index in [-0.39, 0.29) is 0 Å². The number of hydrogen-bond donors (Lipinski definition) is 0. The first-order valence-corrected chi connectivity index (χ1v) is 7.66. The molecule has 0 aliphatic heterocycles. The van der Waals surface area contributed by atoms with Crippen LogP contribution in [0.4, 0.5) is 0 Å². The second kappa shape index (κ2) is 5.49. The van der Waals surface area contributed by atoms with Gasteiger partial charge in [0.15, 0.2) is 0 Å². The quantitative estimate of drug-likeness (QED) is 0.678. The van der Waals surface area contributed by atoms with Crippen molar-refractivity contribution in [3.8, 4) is 0 Å². The number of halogens is 2. The fourth-order valence-electron chi connectivity index (χ4n) is 2.08. The maximum Gasteiger partial charge on any atom is 0.124 e. The first kappa shape index (κ1) is 12.9. The molecule has 0 atom stereocenters. The SMILES string of the molecule is ClCc1nc2ccc(Cl)cc2n1CCc1nccs1. The molecule has 0 aliphatic carbocycles. The van der Waals surface area contributed by atoms with Crippen LogP contribution >= 0.6 is 34.5 Å². The Kier molecular flexibility index (Phi) is 3.73. The second-order valence-corrected chi connectivity index (χ2v) is 5.80. The van der Waals surface area contributed by atoms with Gasteiger partial charge in [-0.3, -0.25) is 0 Å². The van der Waals surface area contributed by atoms with Gasteiger partial charge in [-0.15, -0.1) is 22.9 Å². The van der Waals surface area contributed by atoms with Crippen LogP contribution in [0.25, 0.3) is 11.0 Å². The van der Waals surface area contributed by atoms with Crippen molar-refractivity contribution in [3.63, 3.8) is 0 Å². The van der Waals surface area contributed by atoms with Crippen LogP contribution in [0.15, 0.2) is 29.8 Å². The van der Waals surface area contributed by atoms with Crippen LogP contribution in [0.2, 0.25) is 5.02 Å². The van der Waals surface area contributed by atoms with Gasteiger partial charge in [0.2, 0.25) is 0 Å². The van der Waals surface area contributed by atoms with Crippen molar-refractivity contribution in [2.45, 2.75) is 18.8 Å². The number of benzene rings is 1. The number of alkyl halides is 1. The zero-order chi connectivity index (χ0) is 13.2. The standard InChI is InChI=1S/C13H11Cl2N3S/c14-8-12-17-10-2-1-9(15)7-11(10)18(12)5-3-13-16-4-6-19-13/h1-2,4,6-7H,3,5,8H2. The average molecular weight is 312 g/mol. The molecule has 0 radical (unpaired) electrons. The maximum absolute atomic E-state index is 6.06. The summed E-state index contributed by atoms with van der Waals surface area (Å²) in [6, 6.07) is 5.70. The maximum atomic E-state index is 6.06. The summed E-state index contributed by atoms with van der Waals surface area (Å²) in [5, 5.41) is 3.81. The number of fused-ring (bicyclic) bond motifs is 1. The Hall–Kier alpha value is -1.10. The molecule has 0 bridgehead atoms. The van der Waals surface area contributed by atoms with Crippen LogP contribution in [0, 0.1) is 0 Å². The highest BCUT2D eigenvalue weighted by molar-refractivity contribution is 7.09. The molecule has 2 heterocycles. The molecule has 2 aromatic heterocycles. The van der Waals surface area contributed by atoms with Gasteiger partial charge in [-0.05, 0) is 18.2 Å². The molecular formula is C13H11Cl2N3S. The molecule has 3 aromatic rings. The lowest BCUT2D eigenvalue weighted by atomic mass is 10.3. The monoisotopic (exact) mass is 311 g/mol. The van der Waals surface area contributed by atoms with Gasteiger partial charge in [-0.2, -0.15) is 0 Å². The molecule has 98 valence electrons. The van der Waals surface area contributed by atoms with E-state index in [1.54, 1.807) is 11.3 Å². The van der Waals surface area contributed by atoms with Gasteiger partial charge >= 0.3 is 0 Å². The van der Waals surface area contributed by atoms with E-state index in [0.29, 0.717) is 10.9 Å². The van der Waals surface area contributed by atoms with E-state index in [4.69, 9.17) is 23.2 Å². The number of rotatable bonds is 4. The fourth-order valence-corrected chi connectivity index (χ4v) is 3.06. The van der Waals surface area contributed by atoms with Gasteiger partial charge in [0, 0.05) is 29.6 Å². The molecule has 0 unspecified atom stereocenters. The molecule has 6 heteroatoms. The van der Waals surface area contributed by atoms with Gasteiger partial charge < -0.3 is 4.57 Å². The van der Waals surface area contributed by atoms with E-state index in [0.717, 1.165) is 34.8 Å². The van der Waals surface area contributed by atoms with Crippen molar-refractivity contribution in [2.24, 2.45) is 0 Å². The lowest BCUT2D eigenvalue weighted by molar-refractivity contribution is 0.685. The Balaban J connectivity index is 1.97. The number of aromatic nitrogens is 3. The van der Waals surface area contributed by atoms with Crippen molar-refractivity contribution in [1.82, 2.24) is 14.5 Å². The third-order valence-electron chi connectivity index (χ3n) is 2.94. The third-order valence-corrected chi connectivity index (χ3v) is 4.26. The smallest absolute Gasteiger partial charge is 0.124 e. The van der Waals surface area contributed by atoms with Crippen molar-refractivity contribution in [2.75, 3.05) is 0 Å². The lowest BCUT2D eigenvalue weighted by Crippen LogP contribution is -2.04. The zero-order valence-corrected chi connectivity index (χ0v) is 12.3. The van der Waals surface area contributed by atoms with Crippen LogP contribution in [0.5, 0.6) is 0 Å². The topological polar surface area (TPSA) is 30.7 Å². The van der Waals surface area contributed by atoms with Crippen molar-refractivity contribution in [3.05, 3.63) is 45.6 Å². The van der Waals surface area contributed by atoms with E-state index in [1.807, 2.05) is 29.8 Å². The predicted molar refractivity (Wildman–Crippen MR) is 80.1 cm³/mol.